The molecular formula is C18H13F2N3O5S. The average Bonchev–Trinajstić information content (AvgIpc) is 3.29. The molecule has 2 aromatic heterocycles. The van der Waals surface area contributed by atoms with Crippen LogP contribution in [0.1, 0.15) is 22.8 Å². The Labute approximate surface area is 163 Å². The molecule has 29 heavy (non-hydrogen) atoms. The smallest absolute Gasteiger partial charge is 0.395 e. The highest BCUT2D eigenvalue weighted by molar-refractivity contribution is 7.91. The number of carbonyl (C=O) groups is 1. The number of aromatic nitrogens is 2. The van der Waals surface area contributed by atoms with E-state index in [1.54, 1.807) is 24.4 Å². The van der Waals surface area contributed by atoms with Crippen LogP contribution in [0.4, 0.5) is 14.6 Å². The molecule has 0 unspecified atom stereocenters. The summed E-state index contributed by atoms with van der Waals surface area (Å²) in [5, 5.41) is -0.0941. The maximum Gasteiger partial charge on any atom is 0.586 e. The number of rotatable bonds is 3. The quantitative estimate of drug-likeness (QED) is 0.646. The molecule has 5 rings (SSSR count). The normalized spacial score (nSPS) is 17.2. The Morgan fingerprint density at radius 1 is 1.21 bits per heavy atom. The molecule has 0 bridgehead atoms. The number of pyridine rings is 1. The van der Waals surface area contributed by atoms with E-state index in [0.717, 1.165) is 0 Å². The number of hydrogen-bond acceptors (Lipinski definition) is 6. The summed E-state index contributed by atoms with van der Waals surface area (Å²) < 4.78 is 62.3. The lowest BCUT2D eigenvalue weighted by atomic mass is 10.1. The minimum absolute atomic E-state index is 0.00780. The van der Waals surface area contributed by atoms with E-state index in [9.17, 15) is 22.0 Å². The van der Waals surface area contributed by atoms with Crippen LogP contribution >= 0.6 is 0 Å². The Balaban J connectivity index is 1.64. The second-order valence-corrected chi connectivity index (χ2v) is 8.78. The van der Waals surface area contributed by atoms with Gasteiger partial charge in [0.1, 0.15) is 5.65 Å². The predicted octanol–water partition coefficient (Wildman–Crippen LogP) is 2.61. The number of alkyl halides is 2. The molecule has 11 heteroatoms. The largest absolute Gasteiger partial charge is 0.586 e. The molecule has 0 aliphatic carbocycles. The van der Waals surface area contributed by atoms with Gasteiger partial charge in [-0.25, -0.2) is 13.4 Å². The number of hydrogen-bond donors (Lipinski definition) is 0. The van der Waals surface area contributed by atoms with Crippen LogP contribution in [-0.4, -0.2) is 35.8 Å². The van der Waals surface area contributed by atoms with Gasteiger partial charge in [0, 0.05) is 11.8 Å². The van der Waals surface area contributed by atoms with E-state index in [2.05, 4.69) is 14.5 Å². The standard InChI is InChI=1S/C18H13F2N3O5S/c1-2-29(25,26)17-15(21-14-5-3-4-6-22(14)17)23-9-10-7-12-13(8-11(10)16(23)24)28-18(19,20)27-12/h3-8H,2,9H2,1H3. The summed E-state index contributed by atoms with van der Waals surface area (Å²) in [4.78, 5) is 18.6. The number of halogens is 2. The van der Waals surface area contributed by atoms with Crippen molar-refractivity contribution in [3.63, 3.8) is 0 Å². The molecule has 0 radical (unpaired) electrons. The molecule has 1 amide bonds. The van der Waals surface area contributed by atoms with Crippen molar-refractivity contribution in [3.05, 3.63) is 47.7 Å². The summed E-state index contributed by atoms with van der Waals surface area (Å²) in [6.07, 6.45) is -2.23. The van der Waals surface area contributed by atoms with Crippen molar-refractivity contribution >= 4 is 27.2 Å². The Morgan fingerprint density at radius 2 is 1.93 bits per heavy atom. The van der Waals surface area contributed by atoms with Crippen molar-refractivity contribution in [2.75, 3.05) is 10.7 Å². The van der Waals surface area contributed by atoms with Crippen molar-refractivity contribution < 1.29 is 31.5 Å². The lowest BCUT2D eigenvalue weighted by Gasteiger charge is -2.14. The average molecular weight is 421 g/mol. The van der Waals surface area contributed by atoms with Gasteiger partial charge in [-0.3, -0.25) is 14.1 Å². The molecule has 3 aromatic rings. The highest BCUT2D eigenvalue weighted by Crippen LogP contribution is 2.45. The summed E-state index contributed by atoms with van der Waals surface area (Å²) in [5.41, 5.74) is 0.904. The summed E-state index contributed by atoms with van der Waals surface area (Å²) in [6.45, 7) is 1.47. The molecule has 4 heterocycles. The van der Waals surface area contributed by atoms with E-state index in [0.29, 0.717) is 11.2 Å². The van der Waals surface area contributed by atoms with E-state index >= 15 is 0 Å². The van der Waals surface area contributed by atoms with E-state index in [1.807, 2.05) is 0 Å². The summed E-state index contributed by atoms with van der Waals surface area (Å²) in [5.74, 6) is -1.17. The number of amides is 1. The molecule has 0 saturated carbocycles. The number of benzene rings is 1. The van der Waals surface area contributed by atoms with Crippen LogP contribution in [0.15, 0.2) is 41.6 Å². The Hall–Kier alpha value is -3.21. The van der Waals surface area contributed by atoms with E-state index in [-0.39, 0.29) is 40.2 Å². The zero-order valence-electron chi connectivity index (χ0n) is 14.9. The van der Waals surface area contributed by atoms with Crippen molar-refractivity contribution in [1.29, 1.82) is 0 Å². The number of nitrogens with zero attached hydrogens (tertiary/aromatic N) is 3. The van der Waals surface area contributed by atoms with Gasteiger partial charge in [0.2, 0.25) is 0 Å². The van der Waals surface area contributed by atoms with Gasteiger partial charge >= 0.3 is 6.29 Å². The number of ether oxygens (including phenoxy) is 2. The molecule has 8 nitrogen and oxygen atoms in total. The lowest BCUT2D eigenvalue weighted by Crippen LogP contribution is -2.26. The van der Waals surface area contributed by atoms with Gasteiger partial charge in [0.05, 0.1) is 12.3 Å². The fourth-order valence-corrected chi connectivity index (χ4v) is 4.65. The molecule has 0 N–H and O–H groups in total. The van der Waals surface area contributed by atoms with Gasteiger partial charge in [-0.05, 0) is 29.8 Å². The Bertz CT molecular complexity index is 1300. The Kier molecular flexibility index (Phi) is 3.49. The first kappa shape index (κ1) is 17.9. The van der Waals surface area contributed by atoms with Crippen LogP contribution in [-0.2, 0) is 16.4 Å². The van der Waals surface area contributed by atoms with Crippen LogP contribution < -0.4 is 14.4 Å². The number of anilines is 1. The number of sulfone groups is 1. The van der Waals surface area contributed by atoms with E-state index in [1.165, 1.54) is 28.4 Å². The second-order valence-electron chi connectivity index (χ2n) is 6.59. The third-order valence-corrected chi connectivity index (χ3v) is 6.56. The lowest BCUT2D eigenvalue weighted by molar-refractivity contribution is -0.286. The van der Waals surface area contributed by atoms with Gasteiger partial charge in [-0.2, -0.15) is 0 Å². The molecule has 0 spiro atoms. The molecule has 0 atom stereocenters. The Morgan fingerprint density at radius 3 is 2.66 bits per heavy atom. The minimum Gasteiger partial charge on any atom is -0.395 e. The number of carbonyl (C=O) groups excluding carboxylic acids is 1. The highest BCUT2D eigenvalue weighted by Gasteiger charge is 2.45. The van der Waals surface area contributed by atoms with Crippen LogP contribution in [0.5, 0.6) is 11.5 Å². The van der Waals surface area contributed by atoms with Crippen molar-refractivity contribution in [2.45, 2.75) is 24.8 Å². The van der Waals surface area contributed by atoms with Gasteiger partial charge in [-0.1, -0.05) is 13.0 Å². The highest BCUT2D eigenvalue weighted by atomic mass is 32.2. The van der Waals surface area contributed by atoms with Gasteiger partial charge in [-0.15, -0.1) is 8.78 Å². The SMILES string of the molecule is CCS(=O)(=O)c1c(N2Cc3cc4c(cc3C2=O)OC(F)(F)O4)nc2ccccn12. The first-order valence-electron chi connectivity index (χ1n) is 8.64. The van der Waals surface area contributed by atoms with Crippen molar-refractivity contribution in [1.82, 2.24) is 9.38 Å². The molecule has 150 valence electrons. The first-order chi connectivity index (χ1) is 13.7. The maximum absolute atomic E-state index is 13.3. The third-order valence-electron chi connectivity index (χ3n) is 4.83. The maximum atomic E-state index is 13.3. The fraction of sp³-hybridized carbons (Fsp3) is 0.222. The molecular weight excluding hydrogens is 408 g/mol. The topological polar surface area (TPSA) is 90.2 Å². The first-order valence-corrected chi connectivity index (χ1v) is 10.3. The zero-order valence-corrected chi connectivity index (χ0v) is 15.7. The second kappa shape index (κ2) is 5.66. The van der Waals surface area contributed by atoms with Crippen molar-refractivity contribution in [3.8, 4) is 11.5 Å². The van der Waals surface area contributed by atoms with Crippen LogP contribution in [0.25, 0.3) is 5.65 Å². The third kappa shape index (κ3) is 2.57. The zero-order chi connectivity index (χ0) is 20.6. The van der Waals surface area contributed by atoms with E-state index < -0.39 is 22.0 Å². The monoisotopic (exact) mass is 421 g/mol. The number of fused-ring (bicyclic) bond motifs is 3. The fourth-order valence-electron chi connectivity index (χ4n) is 3.49. The molecule has 1 aromatic carbocycles. The van der Waals surface area contributed by atoms with Crippen LogP contribution in [0, 0.1) is 0 Å². The minimum atomic E-state index is -3.79. The van der Waals surface area contributed by atoms with Crippen LogP contribution in [0.2, 0.25) is 0 Å². The predicted molar refractivity (Wildman–Crippen MR) is 96.1 cm³/mol. The van der Waals surface area contributed by atoms with Gasteiger partial charge in [0.25, 0.3) is 5.91 Å². The van der Waals surface area contributed by atoms with Gasteiger partial charge < -0.3 is 9.47 Å². The number of imidazole rings is 1. The summed E-state index contributed by atoms with van der Waals surface area (Å²) >= 11 is 0. The molecule has 2 aliphatic heterocycles. The van der Waals surface area contributed by atoms with Crippen molar-refractivity contribution in [2.24, 2.45) is 0 Å². The van der Waals surface area contributed by atoms with E-state index in [4.69, 9.17) is 0 Å². The summed E-state index contributed by atoms with van der Waals surface area (Å²) in [6, 6.07) is 7.47. The van der Waals surface area contributed by atoms with Crippen LogP contribution in [0.3, 0.4) is 0 Å². The van der Waals surface area contributed by atoms with Gasteiger partial charge in [0.15, 0.2) is 32.2 Å². The molecule has 0 fully saturated rings. The molecule has 0 saturated heterocycles. The molecule has 2 aliphatic rings. The summed E-state index contributed by atoms with van der Waals surface area (Å²) in [7, 11) is -3.73.